The van der Waals surface area contributed by atoms with Crippen LogP contribution in [-0.2, 0) is 6.18 Å². The van der Waals surface area contributed by atoms with Gasteiger partial charge in [-0.3, -0.25) is 0 Å². The Morgan fingerprint density at radius 1 is 1.22 bits per heavy atom. The van der Waals surface area contributed by atoms with E-state index in [0.717, 1.165) is 22.3 Å². The van der Waals surface area contributed by atoms with Crippen LogP contribution in [-0.4, -0.2) is 15.3 Å². The molecule has 120 valence electrons. The van der Waals surface area contributed by atoms with Crippen LogP contribution in [0.4, 0.5) is 24.0 Å². The molecule has 0 aliphatic heterocycles. The van der Waals surface area contributed by atoms with Crippen molar-refractivity contribution in [3.05, 3.63) is 52.8 Å². The van der Waals surface area contributed by atoms with E-state index in [1.807, 2.05) is 19.1 Å². The van der Waals surface area contributed by atoms with Crippen LogP contribution in [0.5, 0.6) is 0 Å². The van der Waals surface area contributed by atoms with Gasteiger partial charge in [0, 0.05) is 17.0 Å². The van der Waals surface area contributed by atoms with Crippen molar-refractivity contribution >= 4 is 22.2 Å². The summed E-state index contributed by atoms with van der Waals surface area (Å²) in [4.78, 5) is 3.53. The van der Waals surface area contributed by atoms with Crippen LogP contribution < -0.4 is 5.32 Å². The average molecular weight is 340 g/mol. The Labute approximate surface area is 133 Å². The zero-order valence-electron chi connectivity index (χ0n) is 11.8. The topological polar surface area (TPSA) is 63.8 Å². The molecule has 0 aliphatic rings. The third-order valence-corrected chi connectivity index (χ3v) is 4.04. The number of aromatic nitrogens is 3. The third kappa shape index (κ3) is 3.50. The summed E-state index contributed by atoms with van der Waals surface area (Å²) < 4.78 is 42.1. The maximum atomic E-state index is 12.5. The van der Waals surface area contributed by atoms with Gasteiger partial charge in [0.2, 0.25) is 0 Å². The van der Waals surface area contributed by atoms with Gasteiger partial charge in [0.1, 0.15) is 5.69 Å². The van der Waals surface area contributed by atoms with Crippen molar-refractivity contribution in [3.63, 3.8) is 0 Å². The molecule has 23 heavy (non-hydrogen) atoms. The standard InChI is InChI=1S/C14H11F3N4OS/c1-8(11-6-18-22-21-11)9-2-4-10(5-3-9)19-13-20-12(7-23-13)14(15,16)17/h2-8H,1H3,(H,19,20). The minimum absolute atomic E-state index is 0.00648. The fourth-order valence-corrected chi connectivity index (χ4v) is 2.71. The van der Waals surface area contributed by atoms with Gasteiger partial charge in [0.15, 0.2) is 10.8 Å². The lowest BCUT2D eigenvalue weighted by atomic mass is 9.98. The minimum Gasteiger partial charge on any atom is -0.332 e. The average Bonchev–Trinajstić information content (AvgIpc) is 3.18. The second kappa shape index (κ2) is 5.99. The third-order valence-electron chi connectivity index (χ3n) is 3.28. The van der Waals surface area contributed by atoms with E-state index in [1.165, 1.54) is 0 Å². The molecule has 5 nitrogen and oxygen atoms in total. The Morgan fingerprint density at radius 3 is 2.52 bits per heavy atom. The fraction of sp³-hybridized carbons (Fsp3) is 0.214. The maximum Gasteiger partial charge on any atom is 0.434 e. The van der Waals surface area contributed by atoms with Gasteiger partial charge in [0.25, 0.3) is 0 Å². The molecule has 0 aliphatic carbocycles. The van der Waals surface area contributed by atoms with Gasteiger partial charge >= 0.3 is 6.18 Å². The summed E-state index contributed by atoms with van der Waals surface area (Å²) in [5.74, 6) is 0.00648. The van der Waals surface area contributed by atoms with Gasteiger partial charge < -0.3 is 5.32 Å². The lowest BCUT2D eigenvalue weighted by Crippen LogP contribution is -2.05. The summed E-state index contributed by atoms with van der Waals surface area (Å²) in [6.07, 6.45) is -2.88. The Bertz CT molecular complexity index is 768. The van der Waals surface area contributed by atoms with E-state index in [-0.39, 0.29) is 11.0 Å². The van der Waals surface area contributed by atoms with Crippen LogP contribution in [0, 0.1) is 0 Å². The number of benzene rings is 1. The number of hydrogen-bond acceptors (Lipinski definition) is 6. The highest BCUT2D eigenvalue weighted by Gasteiger charge is 2.33. The van der Waals surface area contributed by atoms with Crippen LogP contribution in [0.2, 0.25) is 0 Å². The lowest BCUT2D eigenvalue weighted by molar-refractivity contribution is -0.140. The van der Waals surface area contributed by atoms with Crippen molar-refractivity contribution in [3.8, 4) is 0 Å². The number of alkyl halides is 3. The van der Waals surface area contributed by atoms with Gasteiger partial charge in [-0.05, 0) is 17.7 Å². The van der Waals surface area contributed by atoms with E-state index in [1.54, 1.807) is 18.3 Å². The van der Waals surface area contributed by atoms with Crippen LogP contribution in [0.15, 0.2) is 40.5 Å². The van der Waals surface area contributed by atoms with E-state index >= 15 is 0 Å². The van der Waals surface area contributed by atoms with Crippen molar-refractivity contribution in [2.75, 3.05) is 5.32 Å². The van der Waals surface area contributed by atoms with Crippen molar-refractivity contribution in [1.82, 2.24) is 15.3 Å². The number of hydrogen-bond donors (Lipinski definition) is 1. The van der Waals surface area contributed by atoms with Gasteiger partial charge in [-0.1, -0.05) is 29.4 Å². The van der Waals surface area contributed by atoms with Crippen molar-refractivity contribution in [1.29, 1.82) is 0 Å². The molecular formula is C14H11F3N4OS. The van der Waals surface area contributed by atoms with Crippen LogP contribution in [0.1, 0.15) is 29.8 Å². The normalized spacial score (nSPS) is 13.0. The molecule has 3 aromatic rings. The van der Waals surface area contributed by atoms with Gasteiger partial charge in [-0.15, -0.1) is 11.3 Å². The summed E-state index contributed by atoms with van der Waals surface area (Å²) in [7, 11) is 0. The van der Waals surface area contributed by atoms with Crippen molar-refractivity contribution in [2.45, 2.75) is 19.0 Å². The first-order valence-corrected chi connectivity index (χ1v) is 7.48. The first-order valence-electron chi connectivity index (χ1n) is 6.60. The Balaban J connectivity index is 1.71. The molecule has 1 N–H and O–H groups in total. The first kappa shape index (κ1) is 15.5. The molecule has 1 unspecified atom stereocenters. The smallest absolute Gasteiger partial charge is 0.332 e. The molecule has 0 spiro atoms. The molecule has 1 atom stereocenters. The van der Waals surface area contributed by atoms with E-state index in [2.05, 4.69) is 25.2 Å². The van der Waals surface area contributed by atoms with Gasteiger partial charge in [-0.2, -0.15) is 13.2 Å². The fourth-order valence-electron chi connectivity index (χ4n) is 1.97. The molecule has 0 fully saturated rings. The molecule has 0 amide bonds. The highest BCUT2D eigenvalue weighted by atomic mass is 32.1. The molecule has 3 rings (SSSR count). The molecule has 2 aromatic heterocycles. The summed E-state index contributed by atoms with van der Waals surface area (Å²) in [5.41, 5.74) is 1.46. The largest absolute Gasteiger partial charge is 0.434 e. The van der Waals surface area contributed by atoms with Gasteiger partial charge in [0.05, 0.1) is 6.20 Å². The highest BCUT2D eigenvalue weighted by Crippen LogP contribution is 2.33. The molecule has 1 aromatic carbocycles. The Hall–Kier alpha value is -2.42. The van der Waals surface area contributed by atoms with E-state index in [9.17, 15) is 13.2 Å². The van der Waals surface area contributed by atoms with Crippen LogP contribution in [0.3, 0.4) is 0 Å². The first-order chi connectivity index (χ1) is 10.9. The zero-order chi connectivity index (χ0) is 16.4. The highest BCUT2D eigenvalue weighted by molar-refractivity contribution is 7.13. The van der Waals surface area contributed by atoms with Crippen LogP contribution >= 0.6 is 11.3 Å². The van der Waals surface area contributed by atoms with E-state index < -0.39 is 11.9 Å². The monoisotopic (exact) mass is 340 g/mol. The number of nitrogens with one attached hydrogen (secondary N) is 1. The number of halogens is 3. The molecular weight excluding hydrogens is 329 g/mol. The summed E-state index contributed by atoms with van der Waals surface area (Å²) >= 11 is 0.907. The quantitative estimate of drug-likeness (QED) is 0.761. The Morgan fingerprint density at radius 2 is 1.96 bits per heavy atom. The summed E-state index contributed by atoms with van der Waals surface area (Å²) in [6, 6.07) is 7.27. The second-order valence-corrected chi connectivity index (χ2v) is 5.69. The predicted molar refractivity (Wildman–Crippen MR) is 78.7 cm³/mol. The number of thiazole rings is 1. The van der Waals surface area contributed by atoms with Crippen molar-refractivity contribution < 1.29 is 17.8 Å². The van der Waals surface area contributed by atoms with Gasteiger partial charge in [-0.25, -0.2) is 9.61 Å². The number of rotatable bonds is 4. The lowest BCUT2D eigenvalue weighted by Gasteiger charge is -2.09. The molecule has 2 heterocycles. The number of nitrogens with zero attached hydrogens (tertiary/aromatic N) is 3. The zero-order valence-corrected chi connectivity index (χ0v) is 12.6. The molecule has 0 saturated carbocycles. The maximum absolute atomic E-state index is 12.5. The molecule has 9 heteroatoms. The summed E-state index contributed by atoms with van der Waals surface area (Å²) in [5, 5.41) is 11.4. The molecule has 0 bridgehead atoms. The molecule has 0 saturated heterocycles. The second-order valence-electron chi connectivity index (χ2n) is 4.84. The summed E-state index contributed by atoms with van der Waals surface area (Å²) in [6.45, 7) is 1.96. The minimum atomic E-state index is -4.43. The van der Waals surface area contributed by atoms with E-state index in [0.29, 0.717) is 11.4 Å². The van der Waals surface area contributed by atoms with Crippen LogP contribution in [0.25, 0.3) is 0 Å². The molecule has 0 radical (unpaired) electrons. The number of anilines is 2. The Kier molecular flexibility index (Phi) is 4.03. The van der Waals surface area contributed by atoms with Crippen molar-refractivity contribution in [2.24, 2.45) is 0 Å². The predicted octanol–water partition coefficient (Wildman–Crippen LogP) is 4.44. The van der Waals surface area contributed by atoms with E-state index in [4.69, 9.17) is 0 Å². The SMILES string of the molecule is CC(c1ccc(Nc2nc(C(F)(F)F)cs2)cc1)c1cnon1.